The molecule has 1 aromatic carbocycles. The Morgan fingerprint density at radius 1 is 1.06 bits per heavy atom. The molecule has 53 heavy (non-hydrogen) atoms. The van der Waals surface area contributed by atoms with Crippen LogP contribution >= 0.6 is 0 Å². The summed E-state index contributed by atoms with van der Waals surface area (Å²) < 4.78 is 15.7. The van der Waals surface area contributed by atoms with Crippen molar-refractivity contribution in [1.82, 2.24) is 44.5 Å². The highest BCUT2D eigenvalue weighted by molar-refractivity contribution is 5.95. The predicted molar refractivity (Wildman–Crippen MR) is 194 cm³/mol. The minimum Gasteiger partial charge on any atom is -0.398 e. The lowest BCUT2D eigenvalue weighted by Gasteiger charge is -2.41. The molecule has 1 spiro atoms. The fraction of sp³-hybridized carbons (Fsp3) is 0.513. The second-order valence-corrected chi connectivity index (χ2v) is 15.6. The van der Waals surface area contributed by atoms with Gasteiger partial charge in [-0.2, -0.15) is 15.5 Å². The van der Waals surface area contributed by atoms with Crippen LogP contribution in [0.4, 0.5) is 5.69 Å². The number of anilines is 1. The third-order valence-corrected chi connectivity index (χ3v) is 12.8. The van der Waals surface area contributed by atoms with Crippen molar-refractivity contribution >= 4 is 22.6 Å². The number of nitriles is 1. The van der Waals surface area contributed by atoms with Crippen LogP contribution in [0.1, 0.15) is 102 Å². The largest absolute Gasteiger partial charge is 0.398 e. The van der Waals surface area contributed by atoms with Crippen LogP contribution < -0.4 is 5.73 Å². The number of amides is 1. The Morgan fingerprint density at radius 2 is 1.92 bits per heavy atom. The Morgan fingerprint density at radius 3 is 2.72 bits per heavy atom. The number of aromatic nitrogens is 7. The highest BCUT2D eigenvalue weighted by Crippen LogP contribution is 2.53. The lowest BCUT2D eigenvalue weighted by atomic mass is 9.61. The number of benzene rings is 1. The fourth-order valence-corrected chi connectivity index (χ4v) is 10.2. The molecule has 4 aromatic heterocycles. The molecule has 14 nitrogen and oxygen atoms in total. The number of hydrogen-bond donors (Lipinski definition) is 1. The molecule has 0 radical (unpaired) electrons. The van der Waals surface area contributed by atoms with E-state index >= 15 is 0 Å². The van der Waals surface area contributed by atoms with Gasteiger partial charge in [0.1, 0.15) is 6.07 Å². The van der Waals surface area contributed by atoms with E-state index in [9.17, 15) is 10.1 Å². The topological polar surface area (TPSA) is 170 Å². The van der Waals surface area contributed by atoms with Crippen LogP contribution in [0.3, 0.4) is 0 Å². The van der Waals surface area contributed by atoms with Gasteiger partial charge in [0.15, 0.2) is 34.4 Å². The molecule has 0 bridgehead atoms. The van der Waals surface area contributed by atoms with Crippen molar-refractivity contribution in [2.45, 2.75) is 94.7 Å². The summed E-state index contributed by atoms with van der Waals surface area (Å²) in [4.78, 5) is 28.5. The number of nitrogen functional groups attached to an aromatic ring is 1. The van der Waals surface area contributed by atoms with Crippen LogP contribution in [0.15, 0.2) is 29.0 Å². The molecule has 1 amide bonds. The lowest BCUT2D eigenvalue weighted by molar-refractivity contribution is 0.0629. The Hall–Kier alpha value is -5.13. The van der Waals surface area contributed by atoms with Crippen molar-refractivity contribution in [1.29, 1.82) is 5.26 Å². The molecule has 4 unspecified atom stereocenters. The second kappa shape index (κ2) is 12.2. The number of ether oxygens (including phenoxy) is 1. The number of hydrogen-bond acceptors (Lipinski definition) is 11. The first kappa shape index (κ1) is 32.5. The van der Waals surface area contributed by atoms with Gasteiger partial charge in [0.05, 0.1) is 41.3 Å². The summed E-state index contributed by atoms with van der Waals surface area (Å²) in [6.07, 6.45) is 12.7. The van der Waals surface area contributed by atoms with Gasteiger partial charge in [-0.25, -0.2) is 19.3 Å². The summed E-state index contributed by atoms with van der Waals surface area (Å²) in [5, 5.41) is 25.6. The van der Waals surface area contributed by atoms with Gasteiger partial charge in [-0.3, -0.25) is 4.79 Å². The minimum atomic E-state index is -0.499. The quantitative estimate of drug-likeness (QED) is 0.254. The molecule has 2 saturated heterocycles. The van der Waals surface area contributed by atoms with E-state index in [1.807, 2.05) is 28.0 Å². The summed E-state index contributed by atoms with van der Waals surface area (Å²) in [5.41, 5.74) is 12.7. The first-order chi connectivity index (χ1) is 25.9. The molecule has 2 aliphatic carbocycles. The van der Waals surface area contributed by atoms with Crippen LogP contribution in [-0.2, 0) is 29.4 Å². The van der Waals surface area contributed by atoms with Gasteiger partial charge in [-0.15, -0.1) is 0 Å². The summed E-state index contributed by atoms with van der Waals surface area (Å²) in [6, 6.07) is 6.78. The fourth-order valence-electron chi connectivity index (χ4n) is 10.2. The highest BCUT2D eigenvalue weighted by Gasteiger charge is 2.48. The normalized spacial score (nSPS) is 24.8. The second-order valence-electron chi connectivity index (χ2n) is 15.6. The third kappa shape index (κ3) is 4.82. The molecule has 14 heteroatoms. The molecule has 272 valence electrons. The summed E-state index contributed by atoms with van der Waals surface area (Å²) in [7, 11) is 2.17. The minimum absolute atomic E-state index is 0.0493. The van der Waals surface area contributed by atoms with E-state index in [0.717, 1.165) is 97.7 Å². The number of aryl methyl sites for hydroxylation is 1. The SMILES string of the molecule is CC(C1CCCN1C)n1ncc2c(-n3cc4c(n3)C(=O)N(C3CCOC3)CC4)nc(-c3noc4c3CCCC43CCCc4ccc(N)c(C#N)c43)nc21. The summed E-state index contributed by atoms with van der Waals surface area (Å²) >= 11 is 0. The van der Waals surface area contributed by atoms with E-state index in [0.29, 0.717) is 72.1 Å². The number of rotatable bonds is 5. The van der Waals surface area contributed by atoms with Gasteiger partial charge in [-0.1, -0.05) is 11.2 Å². The maximum atomic E-state index is 13.8. The Balaban J connectivity index is 1.13. The van der Waals surface area contributed by atoms with Gasteiger partial charge < -0.3 is 24.8 Å². The highest BCUT2D eigenvalue weighted by atomic mass is 16.5. The number of nitrogens with two attached hydrogens (primary N) is 1. The first-order valence-corrected chi connectivity index (χ1v) is 19.1. The van der Waals surface area contributed by atoms with Crippen molar-refractivity contribution in [2.75, 3.05) is 39.1 Å². The molecule has 2 N–H and O–H groups in total. The maximum Gasteiger partial charge on any atom is 0.274 e. The van der Waals surface area contributed by atoms with Crippen molar-refractivity contribution in [3.8, 4) is 23.4 Å². The van der Waals surface area contributed by atoms with Crippen molar-refractivity contribution in [3.05, 3.63) is 63.8 Å². The average molecular weight is 714 g/mol. The smallest absolute Gasteiger partial charge is 0.274 e. The van der Waals surface area contributed by atoms with Crippen molar-refractivity contribution in [3.63, 3.8) is 0 Å². The van der Waals surface area contributed by atoms with Crippen molar-refractivity contribution in [2.24, 2.45) is 0 Å². The van der Waals surface area contributed by atoms with Crippen LogP contribution in [-0.4, -0.2) is 95.8 Å². The predicted octanol–water partition coefficient (Wildman–Crippen LogP) is 4.52. The third-order valence-electron chi connectivity index (χ3n) is 12.8. The van der Waals surface area contributed by atoms with E-state index < -0.39 is 5.41 Å². The number of likely N-dealkylation sites (N-methyl/N-ethyl adjacent to an activating group) is 1. The maximum absolute atomic E-state index is 13.8. The monoisotopic (exact) mass is 713 g/mol. The van der Waals surface area contributed by atoms with E-state index in [-0.39, 0.29) is 18.0 Å². The number of carbonyl (C=O) groups is 1. The number of carbonyl (C=O) groups excluding carboxylic acids is 1. The van der Waals surface area contributed by atoms with Gasteiger partial charge in [0.2, 0.25) is 0 Å². The van der Waals surface area contributed by atoms with Crippen LogP contribution in [0.25, 0.3) is 28.4 Å². The van der Waals surface area contributed by atoms with Crippen LogP contribution in [0.2, 0.25) is 0 Å². The van der Waals surface area contributed by atoms with E-state index in [1.54, 1.807) is 4.68 Å². The first-order valence-electron chi connectivity index (χ1n) is 19.1. The average Bonchev–Trinajstić information content (AvgIpc) is 4.02. The number of nitrogens with zero attached hydrogens (tertiary/aromatic N) is 10. The summed E-state index contributed by atoms with van der Waals surface area (Å²) in [5.74, 6) is 1.70. The molecule has 7 heterocycles. The standard InChI is InChI=1S/C39H43N11O3/c1-22(30-8-5-15-47(30)2)50-37-28(19-42-50)36(49-20-24-11-16-48(25-12-17-52-21-25)38(51)32(24)45-49)43-35(44-37)33-26-7-4-14-39(34(26)53-46-33)13-3-6-23-9-10-29(41)27(18-40)31(23)39/h9-10,19-20,22,25,30H,3-8,11-17,21,41H2,1-2H3. The van der Waals surface area contributed by atoms with Gasteiger partial charge in [0.25, 0.3) is 5.91 Å². The molecular weight excluding hydrogens is 671 g/mol. The van der Waals surface area contributed by atoms with E-state index in [1.165, 1.54) is 0 Å². The molecule has 2 fully saturated rings. The Kier molecular flexibility index (Phi) is 7.49. The molecule has 3 aliphatic heterocycles. The van der Waals surface area contributed by atoms with E-state index in [4.69, 9.17) is 40.3 Å². The Bertz CT molecular complexity index is 2320. The van der Waals surface area contributed by atoms with Crippen LogP contribution in [0.5, 0.6) is 0 Å². The molecule has 10 rings (SSSR count). The molecule has 0 saturated carbocycles. The van der Waals surface area contributed by atoms with Crippen molar-refractivity contribution < 1.29 is 14.1 Å². The molecule has 5 aliphatic rings. The Labute approximate surface area is 306 Å². The lowest BCUT2D eigenvalue weighted by Crippen LogP contribution is -2.45. The van der Waals surface area contributed by atoms with Gasteiger partial charge in [0, 0.05) is 42.2 Å². The zero-order chi connectivity index (χ0) is 36.0. The molecule has 5 aromatic rings. The number of likely N-dealkylation sites (tertiary alicyclic amines) is 1. The van der Waals surface area contributed by atoms with Gasteiger partial charge in [-0.05, 0) is 102 Å². The van der Waals surface area contributed by atoms with Crippen LogP contribution in [0, 0.1) is 11.3 Å². The molecular formula is C39H43N11O3. The van der Waals surface area contributed by atoms with E-state index in [2.05, 4.69) is 31.0 Å². The summed E-state index contributed by atoms with van der Waals surface area (Å²) in [6.45, 7) is 5.11. The molecule has 4 atom stereocenters. The zero-order valence-electron chi connectivity index (χ0n) is 30.2. The number of fused-ring (bicyclic) bond motifs is 6. The van der Waals surface area contributed by atoms with Gasteiger partial charge >= 0.3 is 0 Å². The zero-order valence-corrected chi connectivity index (χ0v) is 30.2.